The van der Waals surface area contributed by atoms with Crippen molar-refractivity contribution in [2.45, 2.75) is 26.8 Å². The first-order valence-corrected chi connectivity index (χ1v) is 5.90. The molecule has 0 fully saturated rings. The number of aromatic nitrogens is 2. The largest absolute Gasteiger partial charge is 0.481 e. The quantitative estimate of drug-likeness (QED) is 0.899. The maximum Gasteiger partial charge on any atom is 0.305 e. The normalized spacial score (nSPS) is 10.6. The summed E-state index contributed by atoms with van der Waals surface area (Å²) in [5, 5.41) is 13.0. The molecule has 0 aliphatic rings. The van der Waals surface area contributed by atoms with Crippen LogP contribution in [0.15, 0.2) is 30.5 Å². The van der Waals surface area contributed by atoms with Crippen LogP contribution in [-0.2, 0) is 11.3 Å². The van der Waals surface area contributed by atoms with E-state index in [4.69, 9.17) is 5.11 Å². The molecular formula is C14H16N2O2. The fourth-order valence-corrected chi connectivity index (χ4v) is 1.98. The van der Waals surface area contributed by atoms with Crippen LogP contribution in [0.5, 0.6) is 0 Å². The van der Waals surface area contributed by atoms with Crippen molar-refractivity contribution in [3.8, 4) is 11.1 Å². The Hall–Kier alpha value is -2.10. The van der Waals surface area contributed by atoms with Crippen LogP contribution in [-0.4, -0.2) is 20.9 Å². The predicted octanol–water partition coefficient (Wildman–Crippen LogP) is 2.64. The third-order valence-corrected chi connectivity index (χ3v) is 2.94. The first kappa shape index (κ1) is 12.4. The zero-order valence-electron chi connectivity index (χ0n) is 10.6. The summed E-state index contributed by atoms with van der Waals surface area (Å²) in [4.78, 5) is 10.5. The first-order chi connectivity index (χ1) is 8.58. The van der Waals surface area contributed by atoms with Crippen molar-refractivity contribution in [3.63, 3.8) is 0 Å². The Kier molecular flexibility index (Phi) is 3.46. The smallest absolute Gasteiger partial charge is 0.305 e. The number of hydrogen-bond donors (Lipinski definition) is 1. The second kappa shape index (κ2) is 5.04. The molecule has 0 saturated heterocycles. The van der Waals surface area contributed by atoms with E-state index >= 15 is 0 Å². The number of aryl methyl sites for hydroxylation is 3. The second-order valence-electron chi connectivity index (χ2n) is 4.35. The van der Waals surface area contributed by atoms with Gasteiger partial charge in [0.25, 0.3) is 0 Å². The molecular weight excluding hydrogens is 228 g/mol. The van der Waals surface area contributed by atoms with Gasteiger partial charge in [0.2, 0.25) is 0 Å². The zero-order valence-corrected chi connectivity index (χ0v) is 10.6. The summed E-state index contributed by atoms with van der Waals surface area (Å²) >= 11 is 0. The molecule has 1 aromatic carbocycles. The van der Waals surface area contributed by atoms with E-state index in [0.29, 0.717) is 6.54 Å². The van der Waals surface area contributed by atoms with Crippen LogP contribution in [0.2, 0.25) is 0 Å². The van der Waals surface area contributed by atoms with Gasteiger partial charge in [-0.05, 0) is 25.0 Å². The SMILES string of the molecule is Cc1ccccc1-c1cn(CCC(=O)O)nc1C. The summed E-state index contributed by atoms with van der Waals surface area (Å²) in [7, 11) is 0. The minimum absolute atomic E-state index is 0.0916. The molecule has 1 heterocycles. The number of carboxylic acid groups (broad SMARTS) is 1. The monoisotopic (exact) mass is 244 g/mol. The van der Waals surface area contributed by atoms with E-state index in [-0.39, 0.29) is 6.42 Å². The minimum Gasteiger partial charge on any atom is -0.481 e. The van der Waals surface area contributed by atoms with Crippen molar-refractivity contribution in [2.24, 2.45) is 0 Å². The third kappa shape index (κ3) is 2.59. The summed E-state index contributed by atoms with van der Waals surface area (Å²) in [5.74, 6) is -0.805. The molecule has 0 saturated carbocycles. The molecule has 2 rings (SSSR count). The number of carboxylic acids is 1. The molecule has 0 spiro atoms. The third-order valence-electron chi connectivity index (χ3n) is 2.94. The van der Waals surface area contributed by atoms with Gasteiger partial charge in [0.15, 0.2) is 0 Å². The summed E-state index contributed by atoms with van der Waals surface area (Å²) in [6.07, 6.45) is 2.01. The van der Waals surface area contributed by atoms with E-state index in [2.05, 4.69) is 24.2 Å². The number of rotatable bonds is 4. The molecule has 4 heteroatoms. The Bertz CT molecular complexity index is 573. The zero-order chi connectivity index (χ0) is 13.1. The lowest BCUT2D eigenvalue weighted by atomic mass is 10.0. The van der Waals surface area contributed by atoms with Crippen LogP contribution >= 0.6 is 0 Å². The molecule has 0 radical (unpaired) electrons. The van der Waals surface area contributed by atoms with Gasteiger partial charge < -0.3 is 5.11 Å². The van der Waals surface area contributed by atoms with Gasteiger partial charge in [-0.25, -0.2) is 0 Å². The lowest BCUT2D eigenvalue weighted by molar-refractivity contribution is -0.137. The average Bonchev–Trinajstić information content (AvgIpc) is 2.69. The fourth-order valence-electron chi connectivity index (χ4n) is 1.98. The van der Waals surface area contributed by atoms with Gasteiger partial charge in [-0.3, -0.25) is 9.48 Å². The van der Waals surface area contributed by atoms with Gasteiger partial charge in [-0.1, -0.05) is 24.3 Å². The van der Waals surface area contributed by atoms with Gasteiger partial charge in [-0.15, -0.1) is 0 Å². The van der Waals surface area contributed by atoms with E-state index in [0.717, 1.165) is 16.8 Å². The number of aliphatic carboxylic acids is 1. The van der Waals surface area contributed by atoms with Gasteiger partial charge in [0.1, 0.15) is 0 Å². The molecule has 18 heavy (non-hydrogen) atoms. The Labute approximate surface area is 106 Å². The van der Waals surface area contributed by atoms with Crippen molar-refractivity contribution in [2.75, 3.05) is 0 Å². The summed E-state index contributed by atoms with van der Waals surface area (Å²) in [5.41, 5.74) is 4.34. The maximum atomic E-state index is 10.5. The Morgan fingerprint density at radius 3 is 2.67 bits per heavy atom. The van der Waals surface area contributed by atoms with Gasteiger partial charge in [-0.2, -0.15) is 5.10 Å². The number of benzene rings is 1. The van der Waals surface area contributed by atoms with Crippen molar-refractivity contribution in [3.05, 3.63) is 41.7 Å². The highest BCUT2D eigenvalue weighted by molar-refractivity contribution is 5.69. The number of carbonyl (C=O) groups is 1. The minimum atomic E-state index is -0.805. The van der Waals surface area contributed by atoms with E-state index in [9.17, 15) is 4.79 Å². The van der Waals surface area contributed by atoms with Crippen LogP contribution in [0.4, 0.5) is 0 Å². The van der Waals surface area contributed by atoms with Gasteiger partial charge >= 0.3 is 5.97 Å². The lowest BCUT2D eigenvalue weighted by Crippen LogP contribution is -2.04. The van der Waals surface area contributed by atoms with Crippen LogP contribution in [0.25, 0.3) is 11.1 Å². The number of hydrogen-bond acceptors (Lipinski definition) is 2. The molecule has 1 aromatic heterocycles. The first-order valence-electron chi connectivity index (χ1n) is 5.90. The molecule has 0 bridgehead atoms. The predicted molar refractivity (Wildman–Crippen MR) is 69.4 cm³/mol. The molecule has 4 nitrogen and oxygen atoms in total. The highest BCUT2D eigenvalue weighted by atomic mass is 16.4. The topological polar surface area (TPSA) is 55.1 Å². The Morgan fingerprint density at radius 2 is 2.00 bits per heavy atom. The van der Waals surface area contributed by atoms with Crippen molar-refractivity contribution < 1.29 is 9.90 Å². The van der Waals surface area contributed by atoms with Crippen LogP contribution in [0.1, 0.15) is 17.7 Å². The fraction of sp³-hybridized carbons (Fsp3) is 0.286. The van der Waals surface area contributed by atoms with E-state index in [1.165, 1.54) is 5.56 Å². The average molecular weight is 244 g/mol. The van der Waals surface area contributed by atoms with E-state index < -0.39 is 5.97 Å². The van der Waals surface area contributed by atoms with Crippen molar-refractivity contribution in [1.82, 2.24) is 9.78 Å². The highest BCUT2D eigenvalue weighted by Crippen LogP contribution is 2.25. The molecule has 94 valence electrons. The highest BCUT2D eigenvalue weighted by Gasteiger charge is 2.09. The van der Waals surface area contributed by atoms with Crippen molar-refractivity contribution >= 4 is 5.97 Å². The molecule has 0 amide bonds. The van der Waals surface area contributed by atoms with Crippen LogP contribution in [0.3, 0.4) is 0 Å². The summed E-state index contributed by atoms with van der Waals surface area (Å²) in [6.45, 7) is 4.41. The van der Waals surface area contributed by atoms with E-state index in [1.54, 1.807) is 4.68 Å². The van der Waals surface area contributed by atoms with Crippen LogP contribution < -0.4 is 0 Å². The van der Waals surface area contributed by atoms with Gasteiger partial charge in [0.05, 0.1) is 18.7 Å². The molecule has 0 aliphatic carbocycles. The molecule has 1 N–H and O–H groups in total. The molecule has 0 aliphatic heterocycles. The van der Waals surface area contributed by atoms with Crippen molar-refractivity contribution in [1.29, 1.82) is 0 Å². The standard InChI is InChI=1S/C14H16N2O2/c1-10-5-3-4-6-12(10)13-9-16(15-11(13)2)8-7-14(17)18/h3-6,9H,7-8H2,1-2H3,(H,17,18). The Balaban J connectivity index is 2.30. The molecule has 0 atom stereocenters. The summed E-state index contributed by atoms with van der Waals surface area (Å²) < 4.78 is 1.70. The maximum absolute atomic E-state index is 10.5. The molecule has 2 aromatic rings. The second-order valence-corrected chi connectivity index (χ2v) is 4.35. The van der Waals surface area contributed by atoms with Gasteiger partial charge in [0, 0.05) is 11.8 Å². The number of nitrogens with zero attached hydrogens (tertiary/aromatic N) is 2. The van der Waals surface area contributed by atoms with Crippen LogP contribution in [0, 0.1) is 13.8 Å². The molecule has 0 unspecified atom stereocenters. The summed E-state index contributed by atoms with van der Waals surface area (Å²) in [6, 6.07) is 8.11. The Morgan fingerprint density at radius 1 is 1.28 bits per heavy atom. The van der Waals surface area contributed by atoms with E-state index in [1.807, 2.05) is 25.3 Å². The lowest BCUT2D eigenvalue weighted by Gasteiger charge is -2.02.